The first-order chi connectivity index (χ1) is 19.0. The third-order valence-corrected chi connectivity index (χ3v) is 7.82. The lowest BCUT2D eigenvalue weighted by molar-refractivity contribution is -0.207. The molecule has 2 unspecified atom stereocenters. The van der Waals surface area contributed by atoms with E-state index in [1.807, 2.05) is 4.90 Å². The predicted molar refractivity (Wildman–Crippen MR) is 135 cm³/mol. The van der Waals surface area contributed by atoms with Gasteiger partial charge in [-0.1, -0.05) is 6.07 Å². The van der Waals surface area contributed by atoms with Crippen LogP contribution in [0.3, 0.4) is 0 Å². The van der Waals surface area contributed by atoms with E-state index in [1.54, 1.807) is 12.3 Å². The lowest BCUT2D eigenvalue weighted by Crippen LogP contribution is -2.46. The first kappa shape index (κ1) is 25.9. The highest BCUT2D eigenvalue weighted by molar-refractivity contribution is 6.00. The molecular formula is C26H25F3N8O3. The van der Waals surface area contributed by atoms with Gasteiger partial charge in [0, 0.05) is 41.5 Å². The molecule has 1 amide bonds. The molecule has 0 aliphatic carbocycles. The number of piperidine rings is 1. The fourth-order valence-corrected chi connectivity index (χ4v) is 6.03. The zero-order valence-electron chi connectivity index (χ0n) is 21.3. The molecule has 14 heteroatoms. The number of Topliss-reactive ketones (excluding diaryl/α,β-unsaturated/α-hetero) is 1. The van der Waals surface area contributed by atoms with Gasteiger partial charge in [-0.3, -0.25) is 19.7 Å². The highest BCUT2D eigenvalue weighted by atomic mass is 19.4. The maximum atomic E-state index is 13.1. The minimum atomic E-state index is -4.84. The molecule has 4 atom stereocenters. The molecule has 2 saturated heterocycles. The average Bonchev–Trinajstić information content (AvgIpc) is 3.65. The molecule has 0 saturated carbocycles. The van der Waals surface area contributed by atoms with Crippen LogP contribution in [0.4, 0.5) is 19.0 Å². The number of aliphatic hydroxyl groups is 1. The number of H-pyrrole nitrogens is 1. The number of hydrogen-bond acceptors (Lipinski definition) is 8. The topological polar surface area (TPSA) is 155 Å². The molecule has 6 heterocycles. The summed E-state index contributed by atoms with van der Waals surface area (Å²) in [5.74, 6) is -0.449. The molecule has 4 aromatic rings. The van der Waals surface area contributed by atoms with Gasteiger partial charge in [0.15, 0.2) is 17.5 Å². The number of anilines is 1. The van der Waals surface area contributed by atoms with Gasteiger partial charge in [0.1, 0.15) is 11.5 Å². The van der Waals surface area contributed by atoms with Crippen molar-refractivity contribution in [1.82, 2.24) is 34.7 Å². The van der Waals surface area contributed by atoms with Crippen molar-refractivity contribution in [3.05, 3.63) is 59.4 Å². The Balaban J connectivity index is 1.37. The maximum Gasteiger partial charge on any atom is 0.420 e. The minimum Gasteiger partial charge on any atom is -0.383 e. The van der Waals surface area contributed by atoms with Crippen LogP contribution in [-0.4, -0.2) is 69.7 Å². The molecular weight excluding hydrogens is 529 g/mol. The zero-order valence-corrected chi connectivity index (χ0v) is 21.3. The van der Waals surface area contributed by atoms with Gasteiger partial charge in [-0.15, -0.1) is 0 Å². The summed E-state index contributed by atoms with van der Waals surface area (Å²) in [4.78, 5) is 36.4. The van der Waals surface area contributed by atoms with Crippen molar-refractivity contribution in [2.24, 2.45) is 0 Å². The summed E-state index contributed by atoms with van der Waals surface area (Å²) in [7, 11) is 0. The van der Waals surface area contributed by atoms with Crippen LogP contribution in [-0.2, 0) is 0 Å². The van der Waals surface area contributed by atoms with E-state index in [9.17, 15) is 27.9 Å². The Morgan fingerprint density at radius 3 is 2.45 bits per heavy atom. The first-order valence-corrected chi connectivity index (χ1v) is 12.8. The monoisotopic (exact) mass is 554 g/mol. The molecule has 11 nitrogen and oxygen atoms in total. The standard InChI is InChI=1S/C26H25F3N8O3/c1-12(38)20-21(14-8-15-3-4-16(9-14)36(15)25(40)19-6-7-32-35-19)34-24-17(11-33-37(24)23(20)30)13-2-5-18(31-10-13)22(39)26(27,28)29/h2,5-7,10-11,14-16,22,39H,3-4,8-9,30H2,1H3,(H,32,35)/t14-,15-,16?,22?/m0/s1. The van der Waals surface area contributed by atoms with Gasteiger partial charge in [-0.25, -0.2) is 4.98 Å². The number of carbonyl (C=O) groups excluding carboxylic acids is 2. The number of aromatic amines is 1. The SMILES string of the molecule is CC(=O)c1c([C@@H]2CC3CC[C@@H](C2)N3C(=O)c2cc[nH]n2)nc2c(-c3ccc(C(O)C(F)(F)F)nc3)cnn2c1N. The normalized spacial score (nSPS) is 21.6. The molecule has 2 aliphatic heterocycles. The Kier molecular flexibility index (Phi) is 6.09. The highest BCUT2D eigenvalue weighted by Crippen LogP contribution is 2.45. The Hall–Kier alpha value is -4.33. The third-order valence-electron chi connectivity index (χ3n) is 7.82. The number of alkyl halides is 3. The summed E-state index contributed by atoms with van der Waals surface area (Å²) in [5.41, 5.74) is 8.24. The summed E-state index contributed by atoms with van der Waals surface area (Å²) < 4.78 is 40.0. The number of hydrogen-bond donors (Lipinski definition) is 3. The van der Waals surface area contributed by atoms with Gasteiger partial charge in [0.05, 0.1) is 23.1 Å². The highest BCUT2D eigenvalue weighted by Gasteiger charge is 2.45. The van der Waals surface area contributed by atoms with Crippen molar-refractivity contribution in [2.75, 3.05) is 5.73 Å². The van der Waals surface area contributed by atoms with Crippen molar-refractivity contribution in [3.8, 4) is 11.1 Å². The van der Waals surface area contributed by atoms with Crippen LogP contribution < -0.4 is 5.73 Å². The van der Waals surface area contributed by atoms with Crippen LogP contribution in [0.25, 0.3) is 16.8 Å². The van der Waals surface area contributed by atoms with Crippen LogP contribution >= 0.6 is 0 Å². The van der Waals surface area contributed by atoms with Gasteiger partial charge in [-0.05, 0) is 44.7 Å². The van der Waals surface area contributed by atoms with Crippen LogP contribution in [0, 0.1) is 0 Å². The molecule has 0 spiro atoms. The van der Waals surface area contributed by atoms with Crippen LogP contribution in [0.15, 0.2) is 36.8 Å². The zero-order chi connectivity index (χ0) is 28.3. The molecule has 2 fully saturated rings. The first-order valence-electron chi connectivity index (χ1n) is 12.8. The van der Waals surface area contributed by atoms with Crippen molar-refractivity contribution in [3.63, 3.8) is 0 Å². The van der Waals surface area contributed by atoms with Gasteiger partial charge in [-0.2, -0.15) is 27.9 Å². The average molecular weight is 555 g/mol. The largest absolute Gasteiger partial charge is 0.420 e. The second-order valence-corrected chi connectivity index (χ2v) is 10.2. The Bertz CT molecular complexity index is 1590. The Morgan fingerprint density at radius 1 is 1.15 bits per heavy atom. The van der Waals surface area contributed by atoms with E-state index < -0.39 is 18.0 Å². The van der Waals surface area contributed by atoms with Crippen molar-refractivity contribution in [2.45, 2.75) is 62.9 Å². The Labute approximate surface area is 225 Å². The van der Waals surface area contributed by atoms with E-state index in [0.29, 0.717) is 41.0 Å². The van der Waals surface area contributed by atoms with Crippen molar-refractivity contribution >= 4 is 23.2 Å². The number of ketones is 1. The number of nitrogens with zero attached hydrogens (tertiary/aromatic N) is 6. The number of fused-ring (bicyclic) bond motifs is 3. The van der Waals surface area contributed by atoms with Crippen LogP contribution in [0.1, 0.15) is 76.9 Å². The van der Waals surface area contributed by atoms with Crippen LogP contribution in [0.5, 0.6) is 0 Å². The number of nitrogens with two attached hydrogens (primary N) is 1. The fourth-order valence-electron chi connectivity index (χ4n) is 6.03. The van der Waals surface area contributed by atoms with E-state index in [0.717, 1.165) is 18.9 Å². The Morgan fingerprint density at radius 2 is 1.88 bits per heavy atom. The molecule has 40 heavy (non-hydrogen) atoms. The van der Waals surface area contributed by atoms with Crippen molar-refractivity contribution in [1.29, 1.82) is 0 Å². The number of halogens is 3. The molecule has 6 rings (SSSR count). The number of aliphatic hydroxyl groups excluding tert-OH is 1. The molecule has 2 aliphatic rings. The minimum absolute atomic E-state index is 0.0480. The lowest BCUT2D eigenvalue weighted by Gasteiger charge is -2.39. The van der Waals surface area contributed by atoms with Crippen molar-refractivity contribution < 1.29 is 27.9 Å². The molecule has 0 radical (unpaired) electrons. The van der Waals surface area contributed by atoms with E-state index >= 15 is 0 Å². The van der Waals surface area contributed by atoms with Crippen LogP contribution in [0.2, 0.25) is 0 Å². The summed E-state index contributed by atoms with van der Waals surface area (Å²) in [6.45, 7) is 1.41. The molecule has 0 aromatic carbocycles. The van der Waals surface area contributed by atoms with E-state index in [-0.39, 0.29) is 41.1 Å². The number of nitrogens with one attached hydrogen (secondary N) is 1. The van der Waals surface area contributed by atoms with Gasteiger partial charge in [0.25, 0.3) is 5.91 Å². The molecule has 2 bridgehead atoms. The fraction of sp³-hybridized carbons (Fsp3) is 0.385. The summed E-state index contributed by atoms with van der Waals surface area (Å²) in [5, 5.41) is 20.5. The number of amides is 1. The number of pyridine rings is 1. The quantitative estimate of drug-likeness (QED) is 0.317. The van der Waals surface area contributed by atoms with Gasteiger partial charge >= 0.3 is 6.18 Å². The van der Waals surface area contributed by atoms with Gasteiger partial charge in [0.2, 0.25) is 0 Å². The molecule has 4 N–H and O–H groups in total. The maximum absolute atomic E-state index is 13.1. The smallest absolute Gasteiger partial charge is 0.383 e. The number of rotatable bonds is 5. The lowest BCUT2D eigenvalue weighted by atomic mass is 9.85. The number of carbonyl (C=O) groups is 2. The van der Waals surface area contributed by atoms with E-state index in [1.165, 1.54) is 29.9 Å². The molecule has 208 valence electrons. The van der Waals surface area contributed by atoms with Gasteiger partial charge < -0.3 is 15.7 Å². The number of nitrogen functional groups attached to an aromatic ring is 1. The number of aromatic nitrogens is 6. The second-order valence-electron chi connectivity index (χ2n) is 10.2. The summed E-state index contributed by atoms with van der Waals surface area (Å²) >= 11 is 0. The van der Waals surface area contributed by atoms with E-state index in [4.69, 9.17) is 10.7 Å². The van der Waals surface area contributed by atoms with E-state index in [2.05, 4.69) is 20.3 Å². The summed E-state index contributed by atoms with van der Waals surface area (Å²) in [6, 6.07) is 4.03. The summed E-state index contributed by atoms with van der Waals surface area (Å²) in [6.07, 6.45) is -0.456. The second kappa shape index (κ2) is 9.40. The third kappa shape index (κ3) is 4.18. The predicted octanol–water partition coefficient (Wildman–Crippen LogP) is 3.45. The molecule has 4 aromatic heterocycles.